The molecule has 0 fully saturated rings. The maximum atomic E-state index is 11.7. The molecule has 2 rings (SSSR count). The summed E-state index contributed by atoms with van der Waals surface area (Å²) in [5.41, 5.74) is 0.883. The van der Waals surface area contributed by atoms with Crippen molar-refractivity contribution in [2.24, 2.45) is 0 Å². The van der Waals surface area contributed by atoms with E-state index in [2.05, 4.69) is 15.8 Å². The predicted octanol–water partition coefficient (Wildman–Crippen LogP) is 2.23. The Kier molecular flexibility index (Phi) is 5.10. The van der Waals surface area contributed by atoms with Crippen LogP contribution < -0.4 is 10.6 Å². The van der Waals surface area contributed by atoms with E-state index in [1.165, 1.54) is 0 Å². The van der Waals surface area contributed by atoms with E-state index in [0.717, 1.165) is 5.56 Å². The van der Waals surface area contributed by atoms with Gasteiger partial charge < -0.3 is 9.84 Å². The van der Waals surface area contributed by atoms with Crippen LogP contribution in [0, 0.1) is 0 Å². The monoisotopic (exact) mass is 307 g/mol. The molecule has 0 unspecified atom stereocenters. The van der Waals surface area contributed by atoms with Gasteiger partial charge in [0.2, 0.25) is 0 Å². The molecule has 2 aromatic rings. The Balaban J connectivity index is 1.91. The Morgan fingerprint density at radius 2 is 2.10 bits per heavy atom. The highest BCUT2D eigenvalue weighted by Gasteiger charge is 2.11. The third kappa shape index (κ3) is 4.42. The molecule has 1 aromatic carbocycles. The second-order valence-corrected chi connectivity index (χ2v) is 6.39. The zero-order valence-corrected chi connectivity index (χ0v) is 12.6. The number of hydrogen-bond donors (Lipinski definition) is 2. The van der Waals surface area contributed by atoms with Crippen LogP contribution in [0.3, 0.4) is 0 Å². The van der Waals surface area contributed by atoms with E-state index in [0.29, 0.717) is 18.1 Å². The molecule has 0 aliphatic heterocycles. The molecule has 6 nitrogen and oxygen atoms in total. The zero-order valence-electron chi connectivity index (χ0n) is 11.8. The largest absolute Gasteiger partial charge is 0.354 e. The standard InChI is InChI=1S/C14H17N3O3S/c1-10(21(2)19)9-15-14(18)16-13-8-12(20-17-13)11-6-4-3-5-7-11/h3-8,10H,9H2,1-2H3,(H2,15,16,17,18)/t10-,21+/m1/s1. The molecule has 7 heteroatoms. The molecule has 1 heterocycles. The van der Waals surface area contributed by atoms with Crippen molar-refractivity contribution in [1.29, 1.82) is 0 Å². The van der Waals surface area contributed by atoms with Gasteiger partial charge in [-0.05, 0) is 6.92 Å². The van der Waals surface area contributed by atoms with Crippen LogP contribution in [0.25, 0.3) is 11.3 Å². The normalized spacial score (nSPS) is 13.4. The van der Waals surface area contributed by atoms with Gasteiger partial charge in [0.15, 0.2) is 11.6 Å². The van der Waals surface area contributed by atoms with Gasteiger partial charge in [-0.25, -0.2) is 4.79 Å². The van der Waals surface area contributed by atoms with Crippen LogP contribution in [0.1, 0.15) is 6.92 Å². The highest BCUT2D eigenvalue weighted by atomic mass is 32.2. The Morgan fingerprint density at radius 3 is 2.76 bits per heavy atom. The second-order valence-electron chi connectivity index (χ2n) is 4.59. The maximum Gasteiger partial charge on any atom is 0.320 e. The first-order valence-electron chi connectivity index (χ1n) is 6.45. The molecular formula is C14H17N3O3S. The fraction of sp³-hybridized carbons (Fsp3) is 0.286. The highest BCUT2D eigenvalue weighted by Crippen LogP contribution is 2.21. The summed E-state index contributed by atoms with van der Waals surface area (Å²) in [5, 5.41) is 8.89. The Bertz CT molecular complexity index is 627. The summed E-state index contributed by atoms with van der Waals surface area (Å²) in [6.45, 7) is 2.14. The Morgan fingerprint density at radius 1 is 1.38 bits per heavy atom. The van der Waals surface area contributed by atoms with E-state index in [-0.39, 0.29) is 5.25 Å². The molecule has 2 atom stereocenters. The number of carbonyl (C=O) groups excluding carboxylic acids is 1. The first-order valence-corrected chi connectivity index (χ1v) is 8.07. The van der Waals surface area contributed by atoms with Crippen molar-refractivity contribution in [2.75, 3.05) is 18.1 Å². The number of nitrogens with zero attached hydrogens (tertiary/aromatic N) is 1. The SMILES string of the molecule is C[C@H](CNC(=O)Nc1cc(-c2ccccc2)on1)[S@](C)=O. The van der Waals surface area contributed by atoms with Crippen LogP contribution in [-0.2, 0) is 10.8 Å². The number of urea groups is 1. The quantitative estimate of drug-likeness (QED) is 0.887. The van der Waals surface area contributed by atoms with Crippen LogP contribution in [-0.4, -0.2) is 33.4 Å². The minimum Gasteiger partial charge on any atom is -0.354 e. The summed E-state index contributed by atoms with van der Waals surface area (Å²) in [6, 6.07) is 10.7. The van der Waals surface area contributed by atoms with Gasteiger partial charge in [-0.3, -0.25) is 9.53 Å². The minimum absolute atomic E-state index is 0.104. The van der Waals surface area contributed by atoms with Crippen molar-refractivity contribution in [2.45, 2.75) is 12.2 Å². The smallest absolute Gasteiger partial charge is 0.320 e. The van der Waals surface area contributed by atoms with Crippen LogP contribution in [0.15, 0.2) is 40.9 Å². The molecule has 21 heavy (non-hydrogen) atoms. The summed E-state index contributed by atoms with van der Waals surface area (Å²) < 4.78 is 16.4. The van der Waals surface area contributed by atoms with Crippen molar-refractivity contribution >= 4 is 22.6 Å². The summed E-state index contributed by atoms with van der Waals surface area (Å²) in [4.78, 5) is 11.7. The molecule has 2 N–H and O–H groups in total. The van der Waals surface area contributed by atoms with Crippen LogP contribution in [0.5, 0.6) is 0 Å². The molecule has 1 aromatic heterocycles. The lowest BCUT2D eigenvalue weighted by atomic mass is 10.2. The lowest BCUT2D eigenvalue weighted by molar-refractivity contribution is 0.252. The number of nitrogens with one attached hydrogen (secondary N) is 2. The van der Waals surface area contributed by atoms with E-state index >= 15 is 0 Å². The predicted molar refractivity (Wildman–Crippen MR) is 82.5 cm³/mol. The van der Waals surface area contributed by atoms with Gasteiger partial charge in [-0.2, -0.15) is 0 Å². The van der Waals surface area contributed by atoms with Gasteiger partial charge >= 0.3 is 6.03 Å². The summed E-state index contributed by atoms with van der Waals surface area (Å²) in [5.74, 6) is 0.908. The molecule has 0 aliphatic carbocycles. The topological polar surface area (TPSA) is 84.2 Å². The first kappa shape index (κ1) is 15.2. The molecule has 0 saturated heterocycles. The average Bonchev–Trinajstić information content (AvgIpc) is 2.94. The summed E-state index contributed by atoms with van der Waals surface area (Å²) in [6.07, 6.45) is 1.61. The first-order chi connectivity index (χ1) is 10.1. The van der Waals surface area contributed by atoms with Gasteiger partial charge in [0.05, 0.1) is 0 Å². The summed E-state index contributed by atoms with van der Waals surface area (Å²) >= 11 is 0. The minimum atomic E-state index is -0.971. The molecule has 0 radical (unpaired) electrons. The lowest BCUT2D eigenvalue weighted by Crippen LogP contribution is -2.35. The average molecular weight is 307 g/mol. The molecule has 0 bridgehead atoms. The molecule has 2 amide bonds. The van der Waals surface area contributed by atoms with Crippen LogP contribution >= 0.6 is 0 Å². The molecular weight excluding hydrogens is 290 g/mol. The third-order valence-electron chi connectivity index (χ3n) is 2.93. The Labute approximate surface area is 125 Å². The Hall–Kier alpha value is -2.15. The van der Waals surface area contributed by atoms with Gasteiger partial charge in [-0.1, -0.05) is 35.5 Å². The number of benzene rings is 1. The highest BCUT2D eigenvalue weighted by molar-refractivity contribution is 7.84. The van der Waals surface area contributed by atoms with Crippen molar-refractivity contribution < 1.29 is 13.5 Å². The maximum absolute atomic E-state index is 11.7. The number of amides is 2. The van der Waals surface area contributed by atoms with Gasteiger partial charge in [0.25, 0.3) is 0 Å². The number of carbonyl (C=O) groups is 1. The lowest BCUT2D eigenvalue weighted by Gasteiger charge is -2.09. The third-order valence-corrected chi connectivity index (χ3v) is 4.23. The van der Waals surface area contributed by atoms with Gasteiger partial charge in [0, 0.05) is 40.5 Å². The molecule has 0 spiro atoms. The fourth-order valence-corrected chi connectivity index (χ4v) is 1.90. The number of hydrogen-bond acceptors (Lipinski definition) is 4. The fourth-order valence-electron chi connectivity index (χ4n) is 1.59. The zero-order chi connectivity index (χ0) is 15.2. The van der Waals surface area contributed by atoms with Crippen molar-refractivity contribution in [3.05, 3.63) is 36.4 Å². The van der Waals surface area contributed by atoms with E-state index in [9.17, 15) is 9.00 Å². The molecule has 112 valence electrons. The van der Waals surface area contributed by atoms with Crippen LogP contribution in [0.4, 0.5) is 10.6 Å². The molecule has 0 aliphatic rings. The second kappa shape index (κ2) is 7.03. The van der Waals surface area contributed by atoms with Crippen molar-refractivity contribution in [1.82, 2.24) is 10.5 Å². The van der Waals surface area contributed by atoms with E-state index in [1.54, 1.807) is 19.2 Å². The number of anilines is 1. The van der Waals surface area contributed by atoms with E-state index in [4.69, 9.17) is 4.52 Å². The number of rotatable bonds is 5. The van der Waals surface area contributed by atoms with Crippen molar-refractivity contribution in [3.63, 3.8) is 0 Å². The van der Waals surface area contributed by atoms with Gasteiger partial charge in [-0.15, -0.1) is 0 Å². The number of aromatic nitrogens is 1. The van der Waals surface area contributed by atoms with Crippen molar-refractivity contribution in [3.8, 4) is 11.3 Å². The summed E-state index contributed by atoms with van der Waals surface area (Å²) in [7, 11) is -0.971. The van der Waals surface area contributed by atoms with Gasteiger partial charge in [0.1, 0.15) is 0 Å². The van der Waals surface area contributed by atoms with Crippen LogP contribution in [0.2, 0.25) is 0 Å². The van der Waals surface area contributed by atoms with E-state index in [1.807, 2.05) is 30.3 Å². The molecule has 0 saturated carbocycles. The van der Waals surface area contributed by atoms with E-state index < -0.39 is 16.8 Å².